The highest BCUT2D eigenvalue weighted by Crippen LogP contribution is 2.27. The van der Waals surface area contributed by atoms with Crippen LogP contribution in [0.4, 0.5) is 5.69 Å². The first kappa shape index (κ1) is 12.0. The maximum absolute atomic E-state index is 11.0. The Morgan fingerprint density at radius 2 is 2.33 bits per heavy atom. The molecule has 1 aromatic heterocycles. The molecule has 0 bridgehead atoms. The van der Waals surface area contributed by atoms with Crippen molar-refractivity contribution < 1.29 is 14.6 Å². The summed E-state index contributed by atoms with van der Waals surface area (Å²) in [6.45, 7) is 0.165. The second kappa shape index (κ2) is 4.79. The molecule has 1 aromatic carbocycles. The zero-order valence-corrected chi connectivity index (χ0v) is 9.83. The quantitative estimate of drug-likeness (QED) is 0.794. The van der Waals surface area contributed by atoms with Crippen LogP contribution >= 0.6 is 0 Å². The lowest BCUT2D eigenvalue weighted by atomic mass is 10.2. The highest BCUT2D eigenvalue weighted by molar-refractivity contribution is 5.93. The van der Waals surface area contributed by atoms with Gasteiger partial charge in [-0.2, -0.15) is 0 Å². The normalized spacial score (nSPS) is 10.3. The van der Waals surface area contributed by atoms with Crippen molar-refractivity contribution in [3.8, 4) is 5.75 Å². The van der Waals surface area contributed by atoms with Crippen LogP contribution in [0.2, 0.25) is 0 Å². The summed E-state index contributed by atoms with van der Waals surface area (Å²) in [5.41, 5.74) is 6.06. The first-order valence-corrected chi connectivity index (χ1v) is 5.30. The minimum Gasteiger partial charge on any atom is -0.483 e. The summed E-state index contributed by atoms with van der Waals surface area (Å²) < 4.78 is 7.26. The summed E-state index contributed by atoms with van der Waals surface area (Å²) >= 11 is 0. The first-order valence-electron chi connectivity index (χ1n) is 5.30. The van der Waals surface area contributed by atoms with E-state index in [2.05, 4.69) is 4.98 Å². The van der Waals surface area contributed by atoms with E-state index in [9.17, 15) is 4.79 Å². The summed E-state index contributed by atoms with van der Waals surface area (Å²) in [6.07, 6.45) is 3.43. The summed E-state index contributed by atoms with van der Waals surface area (Å²) in [7, 11) is 1.83. The van der Waals surface area contributed by atoms with Gasteiger partial charge in [-0.25, -0.2) is 9.78 Å². The van der Waals surface area contributed by atoms with Crippen LogP contribution in [0.1, 0.15) is 16.2 Å². The van der Waals surface area contributed by atoms with Crippen LogP contribution in [0.3, 0.4) is 0 Å². The highest BCUT2D eigenvalue weighted by Gasteiger charge is 2.14. The number of hydrogen-bond donors (Lipinski definition) is 2. The van der Waals surface area contributed by atoms with E-state index in [-0.39, 0.29) is 17.9 Å². The second-order valence-electron chi connectivity index (χ2n) is 3.77. The van der Waals surface area contributed by atoms with Crippen molar-refractivity contribution in [1.29, 1.82) is 0 Å². The van der Waals surface area contributed by atoms with E-state index >= 15 is 0 Å². The van der Waals surface area contributed by atoms with Crippen molar-refractivity contribution in [2.24, 2.45) is 7.05 Å². The van der Waals surface area contributed by atoms with Crippen LogP contribution < -0.4 is 10.5 Å². The number of carboxylic acids is 1. The fourth-order valence-electron chi connectivity index (χ4n) is 1.56. The zero-order valence-electron chi connectivity index (χ0n) is 9.83. The number of nitrogens with two attached hydrogens (primary N) is 1. The van der Waals surface area contributed by atoms with Gasteiger partial charge in [-0.3, -0.25) is 0 Å². The molecule has 0 radical (unpaired) electrons. The number of aromatic carboxylic acids is 1. The molecule has 0 saturated heterocycles. The highest BCUT2D eigenvalue weighted by atomic mass is 16.5. The molecule has 0 saturated carbocycles. The van der Waals surface area contributed by atoms with Crippen LogP contribution in [0.25, 0.3) is 0 Å². The lowest BCUT2D eigenvalue weighted by Crippen LogP contribution is -2.08. The van der Waals surface area contributed by atoms with Gasteiger partial charge < -0.3 is 20.1 Å². The molecule has 0 aliphatic carbocycles. The number of ether oxygens (including phenoxy) is 1. The van der Waals surface area contributed by atoms with Crippen LogP contribution in [0.15, 0.2) is 30.6 Å². The van der Waals surface area contributed by atoms with Crippen LogP contribution in [0, 0.1) is 0 Å². The Kier molecular flexibility index (Phi) is 3.18. The predicted octanol–water partition coefficient (Wildman–Crippen LogP) is 1.28. The molecule has 18 heavy (non-hydrogen) atoms. The van der Waals surface area contributed by atoms with Crippen molar-refractivity contribution in [2.45, 2.75) is 6.61 Å². The third kappa shape index (κ3) is 2.27. The van der Waals surface area contributed by atoms with E-state index in [1.54, 1.807) is 29.1 Å². The molecule has 6 nitrogen and oxygen atoms in total. The van der Waals surface area contributed by atoms with Gasteiger partial charge in [-0.15, -0.1) is 0 Å². The predicted molar refractivity (Wildman–Crippen MR) is 65.4 cm³/mol. The Labute approximate surface area is 104 Å². The molecule has 0 aliphatic rings. The Morgan fingerprint density at radius 1 is 1.56 bits per heavy atom. The van der Waals surface area contributed by atoms with Gasteiger partial charge in [-0.05, 0) is 12.1 Å². The molecule has 94 valence electrons. The smallest absolute Gasteiger partial charge is 0.339 e. The first-order chi connectivity index (χ1) is 8.59. The monoisotopic (exact) mass is 247 g/mol. The number of anilines is 1. The van der Waals surface area contributed by atoms with E-state index < -0.39 is 5.97 Å². The van der Waals surface area contributed by atoms with Gasteiger partial charge in [0.15, 0.2) is 5.75 Å². The van der Waals surface area contributed by atoms with Crippen LogP contribution in [-0.4, -0.2) is 20.6 Å². The summed E-state index contributed by atoms with van der Waals surface area (Å²) in [5, 5.41) is 9.05. The number of nitrogen functional groups attached to an aromatic ring is 1. The van der Waals surface area contributed by atoms with Crippen molar-refractivity contribution in [3.63, 3.8) is 0 Å². The molecule has 1 heterocycles. The third-order valence-electron chi connectivity index (χ3n) is 2.54. The second-order valence-corrected chi connectivity index (χ2v) is 3.77. The fraction of sp³-hybridized carbons (Fsp3) is 0.167. The molecule has 0 spiro atoms. The summed E-state index contributed by atoms with van der Waals surface area (Å²) in [6, 6.07) is 4.62. The van der Waals surface area contributed by atoms with Gasteiger partial charge in [0.1, 0.15) is 18.0 Å². The number of imidazole rings is 1. The SMILES string of the molecule is Cn1ccnc1COc1c(N)cccc1C(=O)O. The standard InChI is InChI=1S/C12H13N3O3/c1-15-6-5-14-10(15)7-18-11-8(12(16)17)3-2-4-9(11)13/h2-6H,7,13H2,1H3,(H,16,17). The van der Waals surface area contributed by atoms with E-state index in [0.29, 0.717) is 11.5 Å². The number of benzene rings is 1. The Morgan fingerprint density at radius 3 is 2.94 bits per heavy atom. The third-order valence-corrected chi connectivity index (χ3v) is 2.54. The van der Waals surface area contributed by atoms with Crippen molar-refractivity contribution in [3.05, 3.63) is 42.0 Å². The van der Waals surface area contributed by atoms with Gasteiger partial charge in [0.25, 0.3) is 0 Å². The number of aromatic nitrogens is 2. The molecule has 0 atom stereocenters. The Bertz CT molecular complexity index is 578. The van der Waals surface area contributed by atoms with Crippen molar-refractivity contribution >= 4 is 11.7 Å². The van der Waals surface area contributed by atoms with E-state index in [1.807, 2.05) is 7.05 Å². The average Bonchev–Trinajstić information content (AvgIpc) is 2.73. The van der Waals surface area contributed by atoms with Gasteiger partial charge in [0, 0.05) is 19.4 Å². The molecule has 3 N–H and O–H groups in total. The number of carboxylic acid groups (broad SMARTS) is 1. The maximum Gasteiger partial charge on any atom is 0.339 e. The van der Waals surface area contributed by atoms with Gasteiger partial charge in [0.05, 0.1) is 5.69 Å². The number of aryl methyl sites for hydroxylation is 1. The van der Waals surface area contributed by atoms with E-state index in [0.717, 1.165) is 0 Å². The Balaban J connectivity index is 2.24. The lowest BCUT2D eigenvalue weighted by molar-refractivity contribution is 0.0691. The largest absolute Gasteiger partial charge is 0.483 e. The molecule has 0 aliphatic heterocycles. The molecule has 0 unspecified atom stereocenters. The number of para-hydroxylation sites is 1. The minimum atomic E-state index is -1.07. The Hall–Kier alpha value is -2.50. The molecular weight excluding hydrogens is 234 g/mol. The van der Waals surface area contributed by atoms with E-state index in [4.69, 9.17) is 15.6 Å². The topological polar surface area (TPSA) is 90.4 Å². The summed E-state index contributed by atoms with van der Waals surface area (Å²) in [5.74, 6) is -0.209. The molecule has 2 aromatic rings. The van der Waals surface area contributed by atoms with Gasteiger partial charge in [-0.1, -0.05) is 6.07 Å². The van der Waals surface area contributed by atoms with Crippen LogP contribution in [-0.2, 0) is 13.7 Å². The summed E-state index contributed by atoms with van der Waals surface area (Å²) in [4.78, 5) is 15.1. The molecule has 2 rings (SSSR count). The molecule has 0 amide bonds. The molecular formula is C12H13N3O3. The zero-order chi connectivity index (χ0) is 13.1. The number of carbonyl (C=O) groups is 1. The minimum absolute atomic E-state index is 0.0456. The van der Waals surface area contributed by atoms with Crippen LogP contribution in [0.5, 0.6) is 5.75 Å². The molecule has 0 fully saturated rings. The van der Waals surface area contributed by atoms with E-state index in [1.165, 1.54) is 6.07 Å². The van der Waals surface area contributed by atoms with Crippen molar-refractivity contribution in [1.82, 2.24) is 9.55 Å². The number of rotatable bonds is 4. The molecule has 6 heteroatoms. The number of nitrogens with zero attached hydrogens (tertiary/aromatic N) is 2. The van der Waals surface area contributed by atoms with Gasteiger partial charge in [0.2, 0.25) is 0 Å². The number of hydrogen-bond acceptors (Lipinski definition) is 4. The van der Waals surface area contributed by atoms with Crippen molar-refractivity contribution in [2.75, 3.05) is 5.73 Å². The maximum atomic E-state index is 11.0. The fourth-order valence-corrected chi connectivity index (χ4v) is 1.56. The van der Waals surface area contributed by atoms with Gasteiger partial charge >= 0.3 is 5.97 Å². The lowest BCUT2D eigenvalue weighted by Gasteiger charge is -2.11. The average molecular weight is 247 g/mol.